The van der Waals surface area contributed by atoms with Gasteiger partial charge in [-0.05, 0) is 62.5 Å². The van der Waals surface area contributed by atoms with Crippen molar-refractivity contribution in [3.63, 3.8) is 0 Å². The van der Waals surface area contributed by atoms with Gasteiger partial charge in [0.05, 0.1) is 0 Å². The highest BCUT2D eigenvalue weighted by Gasteiger charge is 2.49. The van der Waals surface area contributed by atoms with E-state index in [1.54, 1.807) is 24.3 Å². The molecule has 1 aliphatic carbocycles. The minimum atomic E-state index is -3.99. The summed E-state index contributed by atoms with van der Waals surface area (Å²) in [7, 11) is -3.99. The summed E-state index contributed by atoms with van der Waals surface area (Å²) >= 11 is 0. The molecule has 160 valence electrons. The van der Waals surface area contributed by atoms with Crippen molar-refractivity contribution in [3.8, 4) is 0 Å². The zero-order valence-corrected chi connectivity index (χ0v) is 19.8. The second-order valence-electron chi connectivity index (χ2n) is 9.42. The molecule has 3 atom stereocenters. The standard InChI is InChI=1S/C26H33O3P/c1-16-12-18(3)23(19(4)13-16)25(27)30(29,22-10-8-7-9-11-22)26(28)24-20(5)14-17(2)15-21(24)6/h7-13,17,20-21,24H,14-15H2,1-6H3. The molecule has 2 aromatic carbocycles. The fraction of sp³-hybridized carbons (Fsp3) is 0.462. The van der Waals surface area contributed by atoms with Gasteiger partial charge >= 0.3 is 0 Å². The summed E-state index contributed by atoms with van der Waals surface area (Å²) in [4.78, 5) is 27.9. The molecule has 0 amide bonds. The van der Waals surface area contributed by atoms with Crippen LogP contribution in [0.4, 0.5) is 0 Å². The van der Waals surface area contributed by atoms with E-state index in [9.17, 15) is 14.2 Å². The van der Waals surface area contributed by atoms with E-state index in [4.69, 9.17) is 0 Å². The van der Waals surface area contributed by atoms with Gasteiger partial charge in [0, 0.05) is 16.8 Å². The second-order valence-corrected chi connectivity index (χ2v) is 12.0. The summed E-state index contributed by atoms with van der Waals surface area (Å²) in [5, 5.41) is 0.359. The number of hydrogen-bond donors (Lipinski definition) is 0. The molecule has 0 saturated heterocycles. The third kappa shape index (κ3) is 3.97. The Morgan fingerprint density at radius 2 is 1.37 bits per heavy atom. The van der Waals surface area contributed by atoms with Crippen molar-refractivity contribution in [1.29, 1.82) is 0 Å². The van der Waals surface area contributed by atoms with Crippen LogP contribution in [0.15, 0.2) is 42.5 Å². The molecular weight excluding hydrogens is 391 g/mol. The predicted octanol–water partition coefficient (Wildman–Crippen LogP) is 6.29. The number of benzene rings is 2. The Morgan fingerprint density at radius 1 is 0.867 bits per heavy atom. The lowest BCUT2D eigenvalue weighted by Crippen LogP contribution is -2.37. The van der Waals surface area contributed by atoms with E-state index in [0.717, 1.165) is 29.5 Å². The van der Waals surface area contributed by atoms with Crippen LogP contribution < -0.4 is 5.30 Å². The Morgan fingerprint density at radius 3 is 1.87 bits per heavy atom. The first-order valence-electron chi connectivity index (χ1n) is 10.9. The zero-order chi connectivity index (χ0) is 22.2. The number of rotatable bonds is 5. The zero-order valence-electron chi connectivity index (χ0n) is 18.9. The molecule has 3 unspecified atom stereocenters. The van der Waals surface area contributed by atoms with E-state index in [-0.39, 0.29) is 23.3 Å². The number of carbonyl (C=O) groups is 2. The summed E-state index contributed by atoms with van der Waals surface area (Å²) < 4.78 is 14.6. The highest BCUT2D eigenvalue weighted by Crippen LogP contribution is 2.55. The van der Waals surface area contributed by atoms with E-state index in [1.165, 1.54) is 0 Å². The van der Waals surface area contributed by atoms with Crippen LogP contribution in [0.25, 0.3) is 0 Å². The van der Waals surface area contributed by atoms with Crippen molar-refractivity contribution >= 4 is 23.5 Å². The van der Waals surface area contributed by atoms with Gasteiger partial charge in [-0.25, -0.2) is 0 Å². The molecule has 0 aromatic heterocycles. The van der Waals surface area contributed by atoms with Crippen molar-refractivity contribution < 1.29 is 14.2 Å². The Kier molecular flexibility index (Phi) is 6.53. The molecule has 0 spiro atoms. The van der Waals surface area contributed by atoms with Gasteiger partial charge in [-0.3, -0.25) is 9.59 Å². The summed E-state index contributed by atoms with van der Waals surface area (Å²) in [6.07, 6.45) is 1.85. The SMILES string of the molecule is Cc1cc(C)c(C(=O)P(=O)(C(=O)C2C(C)CC(C)CC2C)c2ccccc2)c(C)c1. The summed E-state index contributed by atoms with van der Waals surface area (Å²) in [5.41, 5.74) is 2.17. The van der Waals surface area contributed by atoms with Crippen LogP contribution in [0.2, 0.25) is 0 Å². The molecule has 0 heterocycles. The molecule has 2 aromatic rings. The van der Waals surface area contributed by atoms with E-state index in [1.807, 2.05) is 39.0 Å². The van der Waals surface area contributed by atoms with Gasteiger partial charge in [-0.15, -0.1) is 0 Å². The van der Waals surface area contributed by atoms with Crippen LogP contribution in [0.3, 0.4) is 0 Å². The molecule has 1 aliphatic rings. The molecule has 0 aliphatic heterocycles. The summed E-state index contributed by atoms with van der Waals surface area (Å²) in [5.74, 6) is 0.400. The lowest BCUT2D eigenvalue weighted by molar-refractivity contribution is -0.119. The first-order valence-corrected chi connectivity index (χ1v) is 12.6. The highest BCUT2D eigenvalue weighted by molar-refractivity contribution is 8.00. The maximum atomic E-state index is 14.6. The van der Waals surface area contributed by atoms with Gasteiger partial charge in [0.2, 0.25) is 18.2 Å². The summed E-state index contributed by atoms with van der Waals surface area (Å²) in [6, 6.07) is 12.5. The maximum Gasteiger partial charge on any atom is 0.244 e. The first-order chi connectivity index (χ1) is 14.1. The molecule has 3 nitrogen and oxygen atoms in total. The van der Waals surface area contributed by atoms with Crippen molar-refractivity contribution in [3.05, 3.63) is 64.7 Å². The van der Waals surface area contributed by atoms with Crippen LogP contribution in [0.5, 0.6) is 0 Å². The molecule has 3 rings (SSSR count). The van der Waals surface area contributed by atoms with E-state index in [2.05, 4.69) is 20.8 Å². The number of carbonyl (C=O) groups excluding carboxylic acids is 2. The van der Waals surface area contributed by atoms with E-state index in [0.29, 0.717) is 16.8 Å². The van der Waals surface area contributed by atoms with Gasteiger partial charge < -0.3 is 4.57 Å². The molecule has 0 radical (unpaired) electrons. The molecule has 1 fully saturated rings. The Bertz CT molecular complexity index is 973. The average Bonchev–Trinajstić information content (AvgIpc) is 2.66. The highest BCUT2D eigenvalue weighted by atomic mass is 31.2. The summed E-state index contributed by atoms with van der Waals surface area (Å²) in [6.45, 7) is 12.0. The van der Waals surface area contributed by atoms with Gasteiger partial charge in [-0.2, -0.15) is 0 Å². The van der Waals surface area contributed by atoms with Crippen LogP contribution in [-0.2, 0) is 9.36 Å². The molecule has 30 heavy (non-hydrogen) atoms. The predicted molar refractivity (Wildman–Crippen MR) is 124 cm³/mol. The Hall–Kier alpha value is -1.99. The van der Waals surface area contributed by atoms with Crippen LogP contribution >= 0.6 is 7.14 Å². The lowest BCUT2D eigenvalue weighted by atomic mass is 9.70. The normalized spacial score (nSPS) is 26.1. The maximum absolute atomic E-state index is 14.6. The molecule has 1 saturated carbocycles. The third-order valence-corrected chi connectivity index (χ3v) is 9.41. The topological polar surface area (TPSA) is 51.2 Å². The van der Waals surface area contributed by atoms with Gasteiger partial charge in [0.1, 0.15) is 0 Å². The lowest BCUT2D eigenvalue weighted by Gasteiger charge is -2.38. The molecule has 0 N–H and O–H groups in total. The largest absolute Gasteiger partial charge is 0.302 e. The first kappa shape index (κ1) is 22.7. The van der Waals surface area contributed by atoms with Crippen molar-refractivity contribution in [2.75, 3.05) is 0 Å². The minimum Gasteiger partial charge on any atom is -0.302 e. The van der Waals surface area contributed by atoms with Crippen molar-refractivity contribution in [1.82, 2.24) is 0 Å². The second kappa shape index (κ2) is 8.63. The van der Waals surface area contributed by atoms with Crippen molar-refractivity contribution in [2.24, 2.45) is 23.7 Å². The quantitative estimate of drug-likeness (QED) is 0.530. The monoisotopic (exact) mass is 424 g/mol. The minimum absolute atomic E-state index is 0.112. The smallest absolute Gasteiger partial charge is 0.244 e. The fourth-order valence-corrected chi connectivity index (χ4v) is 8.45. The van der Waals surface area contributed by atoms with Crippen molar-refractivity contribution in [2.45, 2.75) is 54.4 Å². The van der Waals surface area contributed by atoms with Crippen LogP contribution in [-0.4, -0.2) is 11.0 Å². The van der Waals surface area contributed by atoms with Gasteiger partial charge in [0.25, 0.3) is 0 Å². The number of aryl methyl sites for hydroxylation is 3. The Balaban J connectivity index is 2.18. The van der Waals surface area contributed by atoms with E-state index < -0.39 is 12.7 Å². The van der Waals surface area contributed by atoms with Gasteiger partial charge in [0.15, 0.2) is 0 Å². The molecular formula is C26H33O3P. The van der Waals surface area contributed by atoms with E-state index >= 15 is 0 Å². The van der Waals surface area contributed by atoms with Crippen LogP contribution in [0.1, 0.15) is 60.7 Å². The fourth-order valence-electron chi connectivity index (χ4n) is 5.57. The Labute approximate surface area is 180 Å². The van der Waals surface area contributed by atoms with Crippen LogP contribution in [0, 0.1) is 44.4 Å². The van der Waals surface area contributed by atoms with Gasteiger partial charge in [-0.1, -0.05) is 68.8 Å². The average molecular weight is 425 g/mol. The third-order valence-electron chi connectivity index (χ3n) is 6.67. The molecule has 0 bridgehead atoms. The number of hydrogen-bond acceptors (Lipinski definition) is 3. The molecule has 4 heteroatoms.